The number of rotatable bonds is 5. The molecule has 1 aliphatic rings. The molecule has 0 heterocycles. The monoisotopic (exact) mass is 382 g/mol. The molecular weight excluding hydrogens is 360 g/mol. The number of nitrogens with one attached hydrogen (secondary N) is 2. The molecule has 0 aromatic heterocycles. The zero-order valence-corrected chi connectivity index (χ0v) is 15.6. The Morgan fingerprint density at radius 2 is 1.92 bits per heavy atom. The smallest absolute Gasteiger partial charge is 0.308 e. The van der Waals surface area contributed by atoms with Gasteiger partial charge in [-0.05, 0) is 44.4 Å². The molecule has 0 spiro atoms. The van der Waals surface area contributed by atoms with E-state index >= 15 is 0 Å². The fraction of sp³-hybridized carbons (Fsp3) is 0.500. The van der Waals surface area contributed by atoms with Crippen molar-refractivity contribution >= 4 is 29.4 Å². The summed E-state index contributed by atoms with van der Waals surface area (Å²) in [6.07, 6.45) is 2.55. The average Bonchev–Trinajstić information content (AvgIpc) is 2.66. The van der Waals surface area contributed by atoms with Crippen molar-refractivity contribution in [1.29, 1.82) is 0 Å². The number of methoxy groups -OCH3 is 1. The van der Waals surface area contributed by atoms with Crippen LogP contribution < -0.4 is 15.6 Å². The van der Waals surface area contributed by atoms with Crippen LogP contribution in [-0.2, 0) is 14.3 Å². The molecule has 1 saturated carbocycles. The Balaban J connectivity index is 1.95. The van der Waals surface area contributed by atoms with Crippen molar-refractivity contribution in [3.8, 4) is 5.75 Å². The predicted octanol–water partition coefficient (Wildman–Crippen LogP) is 2.48. The lowest BCUT2D eigenvalue weighted by Gasteiger charge is -2.26. The Bertz CT molecular complexity index is 680. The number of amides is 2. The van der Waals surface area contributed by atoms with Gasteiger partial charge in [0, 0.05) is 10.9 Å². The Labute approximate surface area is 157 Å². The molecule has 142 valence electrons. The van der Waals surface area contributed by atoms with Crippen molar-refractivity contribution < 1.29 is 23.9 Å². The second-order valence-electron chi connectivity index (χ2n) is 6.10. The molecule has 1 aromatic rings. The van der Waals surface area contributed by atoms with Crippen LogP contribution in [-0.4, -0.2) is 31.5 Å². The largest absolute Gasteiger partial charge is 0.493 e. The lowest BCUT2D eigenvalue weighted by atomic mass is 9.81. The highest BCUT2D eigenvalue weighted by molar-refractivity contribution is 6.31. The van der Waals surface area contributed by atoms with Crippen molar-refractivity contribution in [3.05, 3.63) is 28.8 Å². The zero-order valence-electron chi connectivity index (χ0n) is 14.8. The van der Waals surface area contributed by atoms with Gasteiger partial charge in [-0.25, -0.2) is 0 Å². The minimum absolute atomic E-state index is 0.232. The van der Waals surface area contributed by atoms with Gasteiger partial charge in [0.05, 0.1) is 25.2 Å². The first kappa shape index (κ1) is 20.0. The topological polar surface area (TPSA) is 93.7 Å². The fourth-order valence-corrected chi connectivity index (χ4v) is 3.23. The minimum atomic E-state index is -0.523. The van der Waals surface area contributed by atoms with Gasteiger partial charge >= 0.3 is 5.97 Å². The van der Waals surface area contributed by atoms with E-state index in [0.29, 0.717) is 36.6 Å². The van der Waals surface area contributed by atoms with E-state index in [0.717, 1.165) is 6.42 Å². The SMILES string of the molecule is CCOc1ccc(Cl)cc1C(=O)NNC(=O)[C@H]1CCC[C@@H](C(=O)OC)C1. The number of benzene rings is 1. The van der Waals surface area contributed by atoms with E-state index in [-0.39, 0.29) is 29.3 Å². The number of esters is 1. The maximum atomic E-state index is 12.4. The number of hydrogen-bond acceptors (Lipinski definition) is 5. The lowest BCUT2D eigenvalue weighted by Crippen LogP contribution is -2.46. The van der Waals surface area contributed by atoms with E-state index in [1.165, 1.54) is 13.2 Å². The summed E-state index contributed by atoms with van der Waals surface area (Å²) in [6, 6.07) is 4.70. The minimum Gasteiger partial charge on any atom is -0.493 e. The standard InChI is InChI=1S/C18H23ClN2O5/c1-3-26-15-8-7-13(19)10-14(15)17(23)21-20-16(22)11-5-4-6-12(9-11)18(24)25-2/h7-8,10-12H,3-6,9H2,1-2H3,(H,20,22)(H,21,23)/t11-,12+/m0/s1. The third-order valence-electron chi connectivity index (χ3n) is 4.36. The van der Waals surface area contributed by atoms with Crippen molar-refractivity contribution in [1.82, 2.24) is 10.9 Å². The summed E-state index contributed by atoms with van der Waals surface area (Å²) in [5.41, 5.74) is 5.05. The van der Waals surface area contributed by atoms with Gasteiger partial charge in [-0.1, -0.05) is 18.0 Å². The quantitative estimate of drug-likeness (QED) is 0.602. The molecule has 1 aliphatic carbocycles. The zero-order chi connectivity index (χ0) is 19.1. The number of halogens is 1. The summed E-state index contributed by atoms with van der Waals surface area (Å²) in [6.45, 7) is 2.20. The van der Waals surface area contributed by atoms with Crippen LogP contribution in [0.25, 0.3) is 0 Å². The first-order valence-corrected chi connectivity index (χ1v) is 8.94. The summed E-state index contributed by atoms with van der Waals surface area (Å²) in [4.78, 5) is 36.4. The average molecular weight is 383 g/mol. The number of ether oxygens (including phenoxy) is 2. The third kappa shape index (κ3) is 5.11. The van der Waals surface area contributed by atoms with Gasteiger partial charge in [0.2, 0.25) is 5.91 Å². The second-order valence-corrected chi connectivity index (χ2v) is 6.54. The van der Waals surface area contributed by atoms with Crippen LogP contribution >= 0.6 is 11.6 Å². The van der Waals surface area contributed by atoms with Gasteiger partial charge in [-0.2, -0.15) is 0 Å². The second kappa shape index (κ2) is 9.43. The van der Waals surface area contributed by atoms with Crippen LogP contribution in [0, 0.1) is 11.8 Å². The number of hydrogen-bond donors (Lipinski definition) is 2. The normalized spacial score (nSPS) is 19.3. The molecule has 2 atom stereocenters. The molecule has 0 aliphatic heterocycles. The lowest BCUT2D eigenvalue weighted by molar-refractivity contribution is -0.147. The Hall–Kier alpha value is -2.28. The van der Waals surface area contributed by atoms with Crippen molar-refractivity contribution in [2.24, 2.45) is 11.8 Å². The maximum Gasteiger partial charge on any atom is 0.308 e. The number of carbonyl (C=O) groups excluding carboxylic acids is 3. The van der Waals surface area contributed by atoms with E-state index < -0.39 is 5.91 Å². The molecule has 2 N–H and O–H groups in total. The van der Waals surface area contributed by atoms with Crippen LogP contribution in [0.2, 0.25) is 5.02 Å². The molecule has 0 radical (unpaired) electrons. The van der Waals surface area contributed by atoms with Crippen LogP contribution in [0.3, 0.4) is 0 Å². The summed E-state index contributed by atoms with van der Waals surface area (Å²) in [5, 5.41) is 0.387. The molecule has 1 aromatic carbocycles. The molecule has 0 unspecified atom stereocenters. The predicted molar refractivity (Wildman–Crippen MR) is 95.7 cm³/mol. The van der Waals surface area contributed by atoms with Crippen LogP contribution in [0.4, 0.5) is 0 Å². The van der Waals surface area contributed by atoms with E-state index in [2.05, 4.69) is 10.9 Å². The number of hydrazine groups is 1. The van der Waals surface area contributed by atoms with E-state index in [1.54, 1.807) is 19.1 Å². The van der Waals surface area contributed by atoms with E-state index in [9.17, 15) is 14.4 Å². The van der Waals surface area contributed by atoms with Crippen molar-refractivity contribution in [3.63, 3.8) is 0 Å². The van der Waals surface area contributed by atoms with Crippen LogP contribution in [0.1, 0.15) is 43.0 Å². The van der Waals surface area contributed by atoms with Gasteiger partial charge in [0.15, 0.2) is 0 Å². The van der Waals surface area contributed by atoms with Crippen LogP contribution in [0.5, 0.6) is 5.75 Å². The molecule has 0 saturated heterocycles. The molecule has 7 nitrogen and oxygen atoms in total. The summed E-state index contributed by atoms with van der Waals surface area (Å²) in [5.74, 6) is -1.40. The van der Waals surface area contributed by atoms with E-state index in [4.69, 9.17) is 21.1 Å². The number of carbonyl (C=O) groups is 3. The molecule has 1 fully saturated rings. The Morgan fingerprint density at radius 1 is 1.19 bits per heavy atom. The van der Waals surface area contributed by atoms with Gasteiger partial charge < -0.3 is 9.47 Å². The third-order valence-corrected chi connectivity index (χ3v) is 4.60. The highest BCUT2D eigenvalue weighted by atomic mass is 35.5. The molecule has 26 heavy (non-hydrogen) atoms. The summed E-state index contributed by atoms with van der Waals surface area (Å²) >= 11 is 5.94. The molecule has 2 amide bonds. The highest BCUT2D eigenvalue weighted by Crippen LogP contribution is 2.30. The fourth-order valence-electron chi connectivity index (χ4n) is 3.06. The Morgan fingerprint density at radius 3 is 2.62 bits per heavy atom. The first-order valence-electron chi connectivity index (χ1n) is 8.56. The van der Waals surface area contributed by atoms with Gasteiger partial charge in [0.1, 0.15) is 5.75 Å². The van der Waals surface area contributed by atoms with Crippen molar-refractivity contribution in [2.45, 2.75) is 32.6 Å². The maximum absolute atomic E-state index is 12.4. The van der Waals surface area contributed by atoms with Gasteiger partial charge in [0.25, 0.3) is 5.91 Å². The van der Waals surface area contributed by atoms with Gasteiger partial charge in [-0.15, -0.1) is 0 Å². The van der Waals surface area contributed by atoms with Gasteiger partial charge in [-0.3, -0.25) is 25.2 Å². The molecular formula is C18H23ClN2O5. The summed E-state index contributed by atoms with van der Waals surface area (Å²) in [7, 11) is 1.34. The van der Waals surface area contributed by atoms with Crippen molar-refractivity contribution in [2.75, 3.05) is 13.7 Å². The Kier molecular flexibility index (Phi) is 7.26. The van der Waals surface area contributed by atoms with E-state index in [1.807, 2.05) is 0 Å². The van der Waals surface area contributed by atoms with Crippen LogP contribution in [0.15, 0.2) is 18.2 Å². The molecule has 2 rings (SSSR count). The first-order chi connectivity index (χ1) is 12.5. The highest BCUT2D eigenvalue weighted by Gasteiger charge is 2.32. The molecule has 8 heteroatoms. The molecule has 0 bridgehead atoms. The summed E-state index contributed by atoms with van der Waals surface area (Å²) < 4.78 is 10.2.